The third kappa shape index (κ3) is 5.96. The van der Waals surface area contributed by atoms with Crippen LogP contribution in [0.5, 0.6) is 0 Å². The molecule has 0 aliphatic rings. The van der Waals surface area contributed by atoms with E-state index >= 15 is 0 Å². The van der Waals surface area contributed by atoms with Crippen LogP contribution >= 0.6 is 15.9 Å². The Morgan fingerprint density at radius 2 is 1.81 bits per heavy atom. The molecule has 1 aromatic heterocycles. The predicted octanol–water partition coefficient (Wildman–Crippen LogP) is 2.85. The first-order chi connectivity index (χ1) is 12.8. The molecule has 0 aliphatic carbocycles. The number of primary amides is 1. The first kappa shape index (κ1) is 20.7. The van der Waals surface area contributed by atoms with Gasteiger partial charge >= 0.3 is 0 Å². The number of nitrogens with two attached hydrogens (primary N) is 1. The maximum absolute atomic E-state index is 12.2. The molecule has 4 N–H and O–H groups in total. The van der Waals surface area contributed by atoms with E-state index in [0.717, 1.165) is 12.0 Å². The number of amides is 3. The van der Waals surface area contributed by atoms with Crippen LogP contribution in [0.25, 0.3) is 0 Å². The minimum atomic E-state index is -0.686. The van der Waals surface area contributed by atoms with E-state index < -0.39 is 11.9 Å². The van der Waals surface area contributed by atoms with Crippen molar-refractivity contribution in [2.45, 2.75) is 32.7 Å². The molecule has 1 heterocycles. The molecule has 0 aliphatic heterocycles. The number of nitrogens with one attached hydrogen (secondary N) is 2. The fourth-order valence-electron chi connectivity index (χ4n) is 2.47. The average Bonchev–Trinajstić information content (AvgIpc) is 3.07. The SMILES string of the molecule is CCC(C)C(NC(=O)Cc1ccc(NC(=O)c2ccc(Br)o2)cc1)C(N)=O. The maximum atomic E-state index is 12.2. The Kier molecular flexibility index (Phi) is 7.18. The van der Waals surface area contributed by atoms with Crippen LogP contribution in [-0.2, 0) is 16.0 Å². The van der Waals surface area contributed by atoms with Gasteiger partial charge < -0.3 is 20.8 Å². The summed E-state index contributed by atoms with van der Waals surface area (Å²) in [4.78, 5) is 35.7. The van der Waals surface area contributed by atoms with E-state index in [0.29, 0.717) is 10.4 Å². The zero-order chi connectivity index (χ0) is 20.0. The van der Waals surface area contributed by atoms with E-state index in [2.05, 4.69) is 26.6 Å². The zero-order valence-corrected chi connectivity index (χ0v) is 16.7. The number of hydrogen-bond acceptors (Lipinski definition) is 4. The van der Waals surface area contributed by atoms with Gasteiger partial charge in [-0.2, -0.15) is 0 Å². The van der Waals surface area contributed by atoms with Gasteiger partial charge in [0.15, 0.2) is 10.4 Å². The van der Waals surface area contributed by atoms with Crippen molar-refractivity contribution >= 4 is 39.3 Å². The number of benzene rings is 1. The Morgan fingerprint density at radius 3 is 2.33 bits per heavy atom. The topological polar surface area (TPSA) is 114 Å². The summed E-state index contributed by atoms with van der Waals surface area (Å²) in [6.07, 6.45) is 0.841. The normalized spacial score (nSPS) is 12.9. The van der Waals surface area contributed by atoms with Crippen molar-refractivity contribution in [3.63, 3.8) is 0 Å². The largest absolute Gasteiger partial charge is 0.444 e. The van der Waals surface area contributed by atoms with Gasteiger partial charge in [0.25, 0.3) is 5.91 Å². The van der Waals surface area contributed by atoms with Crippen molar-refractivity contribution in [3.05, 3.63) is 52.4 Å². The second-order valence-electron chi connectivity index (χ2n) is 6.26. The second kappa shape index (κ2) is 9.36. The average molecular weight is 436 g/mol. The number of carbonyl (C=O) groups excluding carboxylic acids is 3. The van der Waals surface area contributed by atoms with Crippen LogP contribution in [0.15, 0.2) is 45.5 Å². The molecule has 27 heavy (non-hydrogen) atoms. The molecule has 2 rings (SSSR count). The summed E-state index contributed by atoms with van der Waals surface area (Å²) in [5.74, 6) is -1.04. The molecular weight excluding hydrogens is 414 g/mol. The lowest BCUT2D eigenvalue weighted by molar-refractivity contribution is -0.128. The van der Waals surface area contributed by atoms with E-state index in [9.17, 15) is 14.4 Å². The summed E-state index contributed by atoms with van der Waals surface area (Å²) >= 11 is 3.14. The van der Waals surface area contributed by atoms with Gasteiger partial charge in [-0.3, -0.25) is 14.4 Å². The van der Waals surface area contributed by atoms with Crippen molar-refractivity contribution in [2.75, 3.05) is 5.32 Å². The van der Waals surface area contributed by atoms with E-state index in [1.165, 1.54) is 0 Å². The van der Waals surface area contributed by atoms with Gasteiger partial charge in [-0.1, -0.05) is 32.4 Å². The fraction of sp³-hybridized carbons (Fsp3) is 0.316. The highest BCUT2D eigenvalue weighted by molar-refractivity contribution is 9.10. The summed E-state index contributed by atoms with van der Waals surface area (Å²) in [6, 6.07) is 9.36. The zero-order valence-electron chi connectivity index (χ0n) is 15.1. The minimum Gasteiger partial charge on any atom is -0.444 e. The van der Waals surface area contributed by atoms with Crippen LogP contribution in [0.1, 0.15) is 36.4 Å². The molecule has 2 atom stereocenters. The highest BCUT2D eigenvalue weighted by Gasteiger charge is 2.23. The molecule has 0 saturated heterocycles. The number of furan rings is 1. The molecule has 0 bridgehead atoms. The van der Waals surface area contributed by atoms with Crippen LogP contribution in [-0.4, -0.2) is 23.8 Å². The molecule has 0 spiro atoms. The number of rotatable bonds is 8. The second-order valence-corrected chi connectivity index (χ2v) is 7.05. The monoisotopic (exact) mass is 435 g/mol. The van der Waals surface area contributed by atoms with Gasteiger partial charge in [0.2, 0.25) is 11.8 Å². The Balaban J connectivity index is 1.93. The van der Waals surface area contributed by atoms with Crippen LogP contribution in [0.3, 0.4) is 0 Å². The predicted molar refractivity (Wildman–Crippen MR) is 105 cm³/mol. The Bertz CT molecular complexity index is 817. The van der Waals surface area contributed by atoms with Crippen LogP contribution in [0, 0.1) is 5.92 Å². The van der Waals surface area contributed by atoms with Crippen molar-refractivity contribution in [3.8, 4) is 0 Å². The number of halogens is 1. The summed E-state index contributed by atoms with van der Waals surface area (Å²) in [6.45, 7) is 3.80. The Hall–Kier alpha value is -2.61. The minimum absolute atomic E-state index is 0.0364. The molecule has 7 nitrogen and oxygen atoms in total. The van der Waals surface area contributed by atoms with Crippen molar-refractivity contribution < 1.29 is 18.8 Å². The van der Waals surface area contributed by atoms with Gasteiger partial charge in [0, 0.05) is 5.69 Å². The van der Waals surface area contributed by atoms with Crippen molar-refractivity contribution in [1.82, 2.24) is 5.32 Å². The lowest BCUT2D eigenvalue weighted by Crippen LogP contribution is -2.48. The smallest absolute Gasteiger partial charge is 0.291 e. The molecule has 1 aromatic carbocycles. The summed E-state index contributed by atoms with van der Waals surface area (Å²) in [7, 11) is 0. The molecule has 0 saturated carbocycles. The van der Waals surface area contributed by atoms with Gasteiger partial charge in [-0.05, 0) is 51.7 Å². The van der Waals surface area contributed by atoms with Gasteiger partial charge in [-0.15, -0.1) is 0 Å². The number of carbonyl (C=O) groups is 3. The van der Waals surface area contributed by atoms with Gasteiger partial charge in [-0.25, -0.2) is 0 Å². The van der Waals surface area contributed by atoms with E-state index in [1.54, 1.807) is 36.4 Å². The first-order valence-corrected chi connectivity index (χ1v) is 9.33. The summed E-state index contributed by atoms with van der Waals surface area (Å²) in [5.41, 5.74) is 6.69. The fourth-order valence-corrected chi connectivity index (χ4v) is 2.78. The molecule has 2 aromatic rings. The van der Waals surface area contributed by atoms with Crippen LogP contribution in [0.2, 0.25) is 0 Å². The van der Waals surface area contributed by atoms with Gasteiger partial charge in [0.1, 0.15) is 6.04 Å². The third-order valence-electron chi connectivity index (χ3n) is 4.21. The molecular formula is C19H22BrN3O4. The molecule has 8 heteroatoms. The molecule has 144 valence electrons. The highest BCUT2D eigenvalue weighted by Crippen LogP contribution is 2.17. The summed E-state index contributed by atoms with van der Waals surface area (Å²) < 4.78 is 5.67. The van der Waals surface area contributed by atoms with E-state index in [1.807, 2.05) is 13.8 Å². The summed E-state index contributed by atoms with van der Waals surface area (Å²) in [5, 5.41) is 5.39. The molecule has 2 unspecified atom stereocenters. The highest BCUT2D eigenvalue weighted by atomic mass is 79.9. The van der Waals surface area contributed by atoms with E-state index in [-0.39, 0.29) is 29.9 Å². The standard InChI is InChI=1S/C19H22BrN3O4/c1-3-11(2)17(18(21)25)23-16(24)10-12-4-6-13(7-5-12)22-19(26)14-8-9-15(20)27-14/h4-9,11,17H,3,10H2,1-2H3,(H2,21,25)(H,22,26)(H,23,24). The quantitative estimate of drug-likeness (QED) is 0.590. The Morgan fingerprint density at radius 1 is 1.15 bits per heavy atom. The first-order valence-electron chi connectivity index (χ1n) is 8.54. The Labute approximate surface area is 165 Å². The molecule has 0 fully saturated rings. The third-order valence-corrected chi connectivity index (χ3v) is 4.64. The van der Waals surface area contributed by atoms with E-state index in [4.69, 9.17) is 10.2 Å². The van der Waals surface area contributed by atoms with Crippen molar-refractivity contribution in [2.24, 2.45) is 11.7 Å². The number of hydrogen-bond donors (Lipinski definition) is 3. The van der Waals surface area contributed by atoms with Crippen molar-refractivity contribution in [1.29, 1.82) is 0 Å². The maximum Gasteiger partial charge on any atom is 0.291 e. The van der Waals surface area contributed by atoms with Crippen LogP contribution in [0.4, 0.5) is 5.69 Å². The molecule has 3 amide bonds. The lowest BCUT2D eigenvalue weighted by atomic mass is 9.98. The number of anilines is 1. The lowest BCUT2D eigenvalue weighted by Gasteiger charge is -2.21. The molecule has 0 radical (unpaired) electrons. The van der Waals surface area contributed by atoms with Gasteiger partial charge in [0.05, 0.1) is 6.42 Å². The van der Waals surface area contributed by atoms with Crippen LogP contribution < -0.4 is 16.4 Å².